The Balaban J connectivity index is 1.63. The second kappa shape index (κ2) is 11.3. The first kappa shape index (κ1) is 24.6. The first-order chi connectivity index (χ1) is 17.0. The van der Waals surface area contributed by atoms with E-state index in [1.807, 2.05) is 25.2 Å². The Morgan fingerprint density at radius 2 is 1.89 bits per heavy atom. The van der Waals surface area contributed by atoms with Crippen LogP contribution in [-0.2, 0) is 16.1 Å². The van der Waals surface area contributed by atoms with Crippen molar-refractivity contribution >= 4 is 35.4 Å². The summed E-state index contributed by atoms with van der Waals surface area (Å²) in [6.07, 6.45) is 6.17. The molecule has 186 valence electrons. The Kier molecular flexibility index (Phi) is 7.91. The molecular formula is C25H33N7O3. The van der Waals surface area contributed by atoms with Gasteiger partial charge in [0.05, 0.1) is 18.4 Å². The van der Waals surface area contributed by atoms with Crippen LogP contribution in [0.1, 0.15) is 42.7 Å². The van der Waals surface area contributed by atoms with Gasteiger partial charge in [0.15, 0.2) is 0 Å². The molecule has 1 unspecified atom stereocenters. The number of carbonyl (C=O) groups excluding carboxylic acids is 2. The lowest BCUT2D eigenvalue weighted by Gasteiger charge is -2.20. The van der Waals surface area contributed by atoms with Crippen LogP contribution in [0.15, 0.2) is 29.5 Å². The number of amides is 2. The minimum absolute atomic E-state index is 0.158. The second-order valence-electron chi connectivity index (χ2n) is 9.02. The van der Waals surface area contributed by atoms with Crippen molar-refractivity contribution in [2.45, 2.75) is 38.1 Å². The van der Waals surface area contributed by atoms with Gasteiger partial charge in [0.2, 0.25) is 11.8 Å². The molecule has 1 aromatic carbocycles. The van der Waals surface area contributed by atoms with Gasteiger partial charge in [0.1, 0.15) is 29.6 Å². The fourth-order valence-electron chi connectivity index (χ4n) is 4.39. The summed E-state index contributed by atoms with van der Waals surface area (Å²) in [4.78, 5) is 42.5. The highest BCUT2D eigenvalue weighted by Gasteiger charge is 2.33. The number of hydrogen-bond donors (Lipinski definition) is 2. The average molecular weight is 480 g/mol. The molecule has 0 spiro atoms. The van der Waals surface area contributed by atoms with Gasteiger partial charge in [0.25, 0.3) is 0 Å². The first-order valence-electron chi connectivity index (χ1n) is 12.0. The number of fused-ring (bicyclic) bond motifs is 2. The van der Waals surface area contributed by atoms with E-state index < -0.39 is 5.92 Å². The van der Waals surface area contributed by atoms with E-state index in [4.69, 9.17) is 4.74 Å². The molecule has 2 aliphatic rings. The van der Waals surface area contributed by atoms with Gasteiger partial charge in [-0.1, -0.05) is 0 Å². The van der Waals surface area contributed by atoms with Crippen LogP contribution in [0.2, 0.25) is 0 Å². The van der Waals surface area contributed by atoms with Crippen molar-refractivity contribution < 1.29 is 14.3 Å². The molecule has 1 aromatic heterocycles. The smallest absolute Gasteiger partial charge is 0.238 e. The van der Waals surface area contributed by atoms with Crippen molar-refractivity contribution in [3.63, 3.8) is 0 Å². The van der Waals surface area contributed by atoms with Gasteiger partial charge < -0.3 is 25.2 Å². The van der Waals surface area contributed by atoms with Crippen molar-refractivity contribution in [1.29, 1.82) is 0 Å². The fourth-order valence-corrected chi connectivity index (χ4v) is 4.39. The molecule has 2 aliphatic heterocycles. The molecule has 2 N–H and O–H groups in total. The minimum atomic E-state index is -0.600. The van der Waals surface area contributed by atoms with Crippen molar-refractivity contribution in [3.8, 4) is 5.75 Å². The van der Waals surface area contributed by atoms with E-state index in [2.05, 4.69) is 37.5 Å². The summed E-state index contributed by atoms with van der Waals surface area (Å²) in [7, 11) is 5.56. The van der Waals surface area contributed by atoms with Gasteiger partial charge in [-0.3, -0.25) is 14.6 Å². The predicted octanol–water partition coefficient (Wildman–Crippen LogP) is 2.80. The number of rotatable bonds is 1. The van der Waals surface area contributed by atoms with Crippen molar-refractivity contribution in [2.24, 2.45) is 4.99 Å². The molecule has 0 aliphatic carbocycles. The van der Waals surface area contributed by atoms with Crippen LogP contribution in [0.25, 0.3) is 0 Å². The number of nitrogens with zero attached hydrogens (tertiary/aromatic N) is 5. The molecule has 0 fully saturated rings. The summed E-state index contributed by atoms with van der Waals surface area (Å²) in [5, 5.41) is 6.14. The van der Waals surface area contributed by atoms with Crippen molar-refractivity contribution in [1.82, 2.24) is 19.8 Å². The zero-order chi connectivity index (χ0) is 24.8. The fraction of sp³-hybridized carbons (Fsp3) is 0.480. The third-order valence-corrected chi connectivity index (χ3v) is 6.36. The first-order valence-corrected chi connectivity index (χ1v) is 12.0. The zero-order valence-corrected chi connectivity index (χ0v) is 20.6. The molecule has 0 saturated carbocycles. The van der Waals surface area contributed by atoms with Crippen LogP contribution >= 0.6 is 0 Å². The Bertz CT molecular complexity index is 1100. The summed E-state index contributed by atoms with van der Waals surface area (Å²) < 4.78 is 5.56. The summed E-state index contributed by atoms with van der Waals surface area (Å²) in [5.74, 6) is 1.26. The molecule has 4 rings (SSSR count). The molecule has 3 heterocycles. The second-order valence-corrected chi connectivity index (χ2v) is 9.02. The van der Waals surface area contributed by atoms with Crippen LogP contribution in [-0.4, -0.2) is 78.6 Å². The third kappa shape index (κ3) is 5.94. The van der Waals surface area contributed by atoms with Gasteiger partial charge in [-0.15, -0.1) is 0 Å². The van der Waals surface area contributed by atoms with Crippen LogP contribution in [0.5, 0.6) is 5.75 Å². The molecule has 10 heteroatoms. The standard InChI is InChI=1S/C25H33N7O3/c1-31-11-5-4-7-21(33)32(2)12-6-10-26-23-22-19(25(34)30-24(22)29-16-28-23)14-27-18-8-9-20(35-3)17(13-18)15-31/h8-9,13-14,16,19H,4-7,10-12,15H2,1-3H3,(H2,26,28,29,30,34). The molecule has 10 nitrogen and oxygen atoms in total. The van der Waals surface area contributed by atoms with Crippen LogP contribution in [0, 0.1) is 0 Å². The number of anilines is 2. The number of hydrogen-bond acceptors (Lipinski definition) is 8. The summed E-state index contributed by atoms with van der Waals surface area (Å²) in [5.41, 5.74) is 2.44. The van der Waals surface area contributed by atoms with Crippen molar-refractivity contribution in [3.05, 3.63) is 35.7 Å². The van der Waals surface area contributed by atoms with E-state index in [-0.39, 0.29) is 11.8 Å². The SMILES string of the molecule is COc1ccc2cc1CN(C)CCCCC(=O)N(C)CCCNc1ncnc3c1C(C=N2)C(=O)N3. The molecule has 0 radical (unpaired) electrons. The topological polar surface area (TPSA) is 112 Å². The zero-order valence-electron chi connectivity index (χ0n) is 20.6. The molecule has 0 saturated heterocycles. The van der Waals surface area contributed by atoms with Crippen molar-refractivity contribution in [2.75, 3.05) is 51.5 Å². The maximum absolute atomic E-state index is 12.7. The van der Waals surface area contributed by atoms with E-state index in [0.717, 1.165) is 42.8 Å². The molecule has 2 bridgehead atoms. The third-order valence-electron chi connectivity index (χ3n) is 6.36. The van der Waals surface area contributed by atoms with Crippen LogP contribution in [0.3, 0.4) is 0 Å². The van der Waals surface area contributed by atoms with E-state index in [9.17, 15) is 9.59 Å². The summed E-state index contributed by atoms with van der Waals surface area (Å²) >= 11 is 0. The van der Waals surface area contributed by atoms with Gasteiger partial charge >= 0.3 is 0 Å². The predicted molar refractivity (Wildman–Crippen MR) is 135 cm³/mol. The lowest BCUT2D eigenvalue weighted by Crippen LogP contribution is -2.29. The monoisotopic (exact) mass is 479 g/mol. The highest BCUT2D eigenvalue weighted by Crippen LogP contribution is 2.35. The molecule has 2 amide bonds. The minimum Gasteiger partial charge on any atom is -0.496 e. The van der Waals surface area contributed by atoms with Crippen LogP contribution in [0.4, 0.5) is 17.3 Å². The van der Waals surface area contributed by atoms with Gasteiger partial charge in [-0.2, -0.15) is 0 Å². The largest absolute Gasteiger partial charge is 0.496 e. The number of benzene rings is 1. The number of aromatic nitrogens is 2. The molecule has 2 aromatic rings. The van der Waals surface area contributed by atoms with Gasteiger partial charge in [0, 0.05) is 44.9 Å². The lowest BCUT2D eigenvalue weighted by atomic mass is 10.0. The van der Waals surface area contributed by atoms with E-state index in [1.54, 1.807) is 18.2 Å². The number of nitrogens with one attached hydrogen (secondary N) is 2. The highest BCUT2D eigenvalue weighted by molar-refractivity contribution is 6.13. The molecule has 35 heavy (non-hydrogen) atoms. The lowest BCUT2D eigenvalue weighted by molar-refractivity contribution is -0.130. The highest BCUT2D eigenvalue weighted by atomic mass is 16.5. The number of methoxy groups -OCH3 is 1. The summed E-state index contributed by atoms with van der Waals surface area (Å²) in [6, 6.07) is 5.76. The maximum Gasteiger partial charge on any atom is 0.238 e. The normalized spacial score (nSPS) is 20.1. The Morgan fingerprint density at radius 3 is 2.71 bits per heavy atom. The number of ether oxygens (including phenoxy) is 1. The average Bonchev–Trinajstić information content (AvgIpc) is 3.18. The van der Waals surface area contributed by atoms with Gasteiger partial charge in [-0.25, -0.2) is 9.97 Å². The van der Waals surface area contributed by atoms with E-state index >= 15 is 0 Å². The van der Waals surface area contributed by atoms with Crippen LogP contribution < -0.4 is 15.4 Å². The maximum atomic E-state index is 12.7. The Hall–Kier alpha value is -3.53. The number of carbonyl (C=O) groups is 2. The Labute approximate surface area is 205 Å². The van der Waals surface area contributed by atoms with E-state index in [0.29, 0.717) is 43.3 Å². The Morgan fingerprint density at radius 1 is 1.06 bits per heavy atom. The van der Waals surface area contributed by atoms with Gasteiger partial charge in [-0.05, 0) is 51.1 Å². The summed E-state index contributed by atoms with van der Waals surface area (Å²) in [6.45, 7) is 2.83. The molecular weight excluding hydrogens is 446 g/mol. The van der Waals surface area contributed by atoms with E-state index in [1.165, 1.54) is 6.33 Å². The number of aliphatic imine (C=N–C) groups is 1. The quantitative estimate of drug-likeness (QED) is 0.647. The molecule has 1 atom stereocenters.